The van der Waals surface area contributed by atoms with Crippen molar-refractivity contribution in [3.8, 4) is 0 Å². The molecule has 4 heteroatoms. The van der Waals surface area contributed by atoms with Crippen LogP contribution in [0.15, 0.2) is 6.07 Å². The molecule has 2 unspecified atom stereocenters. The van der Waals surface area contributed by atoms with Crippen molar-refractivity contribution in [3.05, 3.63) is 17.6 Å². The van der Waals surface area contributed by atoms with Crippen LogP contribution in [0.1, 0.15) is 56.5 Å². The summed E-state index contributed by atoms with van der Waals surface area (Å²) in [6.45, 7) is 4.27. The number of nitrogens with one attached hydrogen (secondary N) is 1. The Kier molecular flexibility index (Phi) is 3.94. The third-order valence-corrected chi connectivity index (χ3v) is 3.74. The first-order chi connectivity index (χ1) is 8.22. The molecule has 94 valence electrons. The van der Waals surface area contributed by atoms with Crippen LogP contribution in [0.2, 0.25) is 0 Å². The lowest BCUT2D eigenvalue weighted by Crippen LogP contribution is -2.18. The van der Waals surface area contributed by atoms with Crippen LogP contribution in [-0.2, 0) is 0 Å². The number of aromatic nitrogens is 2. The second kappa shape index (κ2) is 5.45. The lowest BCUT2D eigenvalue weighted by Gasteiger charge is -2.27. The van der Waals surface area contributed by atoms with E-state index in [1.54, 1.807) is 0 Å². The number of nitrogen functional groups attached to an aromatic ring is 1. The van der Waals surface area contributed by atoms with E-state index in [2.05, 4.69) is 22.3 Å². The minimum Gasteiger partial charge on any atom is -0.308 e. The molecule has 2 rings (SSSR count). The van der Waals surface area contributed by atoms with Gasteiger partial charge in [-0.3, -0.25) is 0 Å². The first kappa shape index (κ1) is 12.3. The van der Waals surface area contributed by atoms with Crippen LogP contribution in [0.4, 0.5) is 5.82 Å². The molecule has 1 saturated carbocycles. The smallest absolute Gasteiger partial charge is 0.143 e. The summed E-state index contributed by atoms with van der Waals surface area (Å²) in [5, 5.41) is 0. The molecule has 1 aliphatic carbocycles. The molecule has 1 aromatic rings. The van der Waals surface area contributed by atoms with Crippen molar-refractivity contribution in [2.75, 3.05) is 5.43 Å². The number of aryl methyl sites for hydroxylation is 1. The minimum absolute atomic E-state index is 0.515. The number of anilines is 1. The molecule has 0 radical (unpaired) electrons. The molecule has 1 heterocycles. The van der Waals surface area contributed by atoms with Crippen LogP contribution in [-0.4, -0.2) is 9.97 Å². The number of nitrogens with two attached hydrogens (primary N) is 1. The molecule has 2 atom stereocenters. The van der Waals surface area contributed by atoms with E-state index in [1.807, 2.05) is 13.0 Å². The van der Waals surface area contributed by atoms with Crippen molar-refractivity contribution in [3.63, 3.8) is 0 Å². The van der Waals surface area contributed by atoms with E-state index in [4.69, 9.17) is 5.84 Å². The quantitative estimate of drug-likeness (QED) is 0.623. The van der Waals surface area contributed by atoms with Gasteiger partial charge in [0.2, 0.25) is 0 Å². The topological polar surface area (TPSA) is 63.8 Å². The zero-order valence-electron chi connectivity index (χ0n) is 10.7. The Morgan fingerprint density at radius 3 is 2.94 bits per heavy atom. The summed E-state index contributed by atoms with van der Waals surface area (Å²) in [5.41, 5.74) is 3.61. The van der Waals surface area contributed by atoms with Gasteiger partial charge in [-0.2, -0.15) is 0 Å². The third-order valence-electron chi connectivity index (χ3n) is 3.74. The highest BCUT2D eigenvalue weighted by Gasteiger charge is 2.24. The van der Waals surface area contributed by atoms with E-state index in [1.165, 1.54) is 32.1 Å². The molecule has 3 N–H and O–H groups in total. The highest BCUT2D eigenvalue weighted by Crippen LogP contribution is 2.36. The van der Waals surface area contributed by atoms with Crippen molar-refractivity contribution in [2.45, 2.75) is 51.9 Å². The van der Waals surface area contributed by atoms with Gasteiger partial charge in [0.15, 0.2) is 0 Å². The maximum absolute atomic E-state index is 5.43. The van der Waals surface area contributed by atoms with Crippen LogP contribution in [0.5, 0.6) is 0 Å². The van der Waals surface area contributed by atoms with Crippen molar-refractivity contribution in [1.82, 2.24) is 9.97 Å². The average molecular weight is 234 g/mol. The van der Waals surface area contributed by atoms with Gasteiger partial charge in [-0.05, 0) is 25.7 Å². The predicted molar refractivity (Wildman–Crippen MR) is 69.6 cm³/mol. The second-order valence-corrected chi connectivity index (χ2v) is 5.03. The second-order valence-electron chi connectivity index (χ2n) is 5.03. The molecule has 17 heavy (non-hydrogen) atoms. The van der Waals surface area contributed by atoms with Crippen LogP contribution >= 0.6 is 0 Å². The van der Waals surface area contributed by atoms with Crippen LogP contribution in [0.3, 0.4) is 0 Å². The molecule has 0 amide bonds. The summed E-state index contributed by atoms with van der Waals surface area (Å²) in [7, 11) is 0. The Balaban J connectivity index is 2.18. The van der Waals surface area contributed by atoms with Crippen molar-refractivity contribution in [1.29, 1.82) is 0 Å². The van der Waals surface area contributed by atoms with Gasteiger partial charge < -0.3 is 5.43 Å². The lowest BCUT2D eigenvalue weighted by atomic mass is 9.80. The van der Waals surface area contributed by atoms with Gasteiger partial charge in [0.25, 0.3) is 0 Å². The molecule has 1 aromatic heterocycles. The average Bonchev–Trinajstić information content (AvgIpc) is 2.38. The highest BCUT2D eigenvalue weighted by atomic mass is 15.3. The molecule has 0 aromatic carbocycles. The fourth-order valence-electron chi connectivity index (χ4n) is 2.74. The van der Waals surface area contributed by atoms with Crippen molar-refractivity contribution < 1.29 is 0 Å². The first-order valence-corrected chi connectivity index (χ1v) is 6.55. The highest BCUT2D eigenvalue weighted by molar-refractivity contribution is 5.34. The van der Waals surface area contributed by atoms with Gasteiger partial charge in [-0.25, -0.2) is 15.8 Å². The third kappa shape index (κ3) is 2.94. The number of hydrogen-bond donors (Lipinski definition) is 2. The van der Waals surface area contributed by atoms with E-state index in [0.717, 1.165) is 23.3 Å². The monoisotopic (exact) mass is 234 g/mol. The number of nitrogens with zero attached hydrogens (tertiary/aromatic N) is 2. The summed E-state index contributed by atoms with van der Waals surface area (Å²) < 4.78 is 0. The van der Waals surface area contributed by atoms with Crippen LogP contribution < -0.4 is 11.3 Å². The van der Waals surface area contributed by atoms with Crippen LogP contribution in [0, 0.1) is 12.8 Å². The van der Waals surface area contributed by atoms with Gasteiger partial charge >= 0.3 is 0 Å². The lowest BCUT2D eigenvalue weighted by molar-refractivity contribution is 0.307. The first-order valence-electron chi connectivity index (χ1n) is 6.55. The summed E-state index contributed by atoms with van der Waals surface area (Å²) in [6.07, 6.45) is 6.37. The Bertz CT molecular complexity index is 378. The number of rotatable bonds is 3. The largest absolute Gasteiger partial charge is 0.308 e. The maximum Gasteiger partial charge on any atom is 0.143 e. The molecular weight excluding hydrogens is 212 g/mol. The molecule has 0 aliphatic heterocycles. The van der Waals surface area contributed by atoms with E-state index in [-0.39, 0.29) is 0 Å². The van der Waals surface area contributed by atoms with Gasteiger partial charge in [0.05, 0.1) is 0 Å². The maximum atomic E-state index is 5.43. The Morgan fingerprint density at radius 2 is 2.24 bits per heavy atom. The standard InChI is InChI=1S/C13H22N4/c1-3-10-5-4-6-11(8-10)13-15-9(2)7-12(16-13)17-14/h7,10-11H,3-6,8,14H2,1-2H3,(H,15,16,17). The fraction of sp³-hybridized carbons (Fsp3) is 0.692. The van der Waals surface area contributed by atoms with Crippen molar-refractivity contribution >= 4 is 5.82 Å². The van der Waals surface area contributed by atoms with E-state index in [9.17, 15) is 0 Å². The van der Waals surface area contributed by atoms with E-state index >= 15 is 0 Å². The molecule has 1 aliphatic rings. The van der Waals surface area contributed by atoms with E-state index < -0.39 is 0 Å². The minimum atomic E-state index is 0.515. The predicted octanol–water partition coefficient (Wildman–Crippen LogP) is 2.75. The Morgan fingerprint density at radius 1 is 1.41 bits per heavy atom. The van der Waals surface area contributed by atoms with Gasteiger partial charge in [-0.15, -0.1) is 0 Å². The Labute approximate surface area is 103 Å². The van der Waals surface area contributed by atoms with Crippen LogP contribution in [0.25, 0.3) is 0 Å². The Hall–Kier alpha value is -1.16. The number of hydrazine groups is 1. The molecule has 4 nitrogen and oxygen atoms in total. The van der Waals surface area contributed by atoms with E-state index in [0.29, 0.717) is 5.92 Å². The molecular formula is C13H22N4. The summed E-state index contributed by atoms with van der Waals surface area (Å²) in [5.74, 6) is 8.48. The van der Waals surface area contributed by atoms with Gasteiger partial charge in [-0.1, -0.05) is 26.2 Å². The molecule has 0 saturated heterocycles. The normalized spacial score (nSPS) is 24.6. The summed E-state index contributed by atoms with van der Waals surface area (Å²) >= 11 is 0. The summed E-state index contributed by atoms with van der Waals surface area (Å²) in [6, 6.07) is 1.88. The van der Waals surface area contributed by atoms with Gasteiger partial charge in [0, 0.05) is 17.7 Å². The zero-order chi connectivity index (χ0) is 12.3. The SMILES string of the molecule is CCC1CCCC(c2nc(C)cc(NN)n2)C1. The molecule has 0 spiro atoms. The fourth-order valence-corrected chi connectivity index (χ4v) is 2.74. The number of hydrogen-bond acceptors (Lipinski definition) is 4. The summed E-state index contributed by atoms with van der Waals surface area (Å²) in [4.78, 5) is 9.06. The van der Waals surface area contributed by atoms with Crippen molar-refractivity contribution in [2.24, 2.45) is 11.8 Å². The molecule has 0 bridgehead atoms. The zero-order valence-corrected chi connectivity index (χ0v) is 10.7. The molecule has 1 fully saturated rings. The van der Waals surface area contributed by atoms with Gasteiger partial charge in [0.1, 0.15) is 11.6 Å².